The Bertz CT molecular complexity index is 796. The number of benzene rings is 2. The van der Waals surface area contributed by atoms with Crippen LogP contribution in [0, 0.1) is 6.92 Å². The van der Waals surface area contributed by atoms with Gasteiger partial charge in [0, 0.05) is 18.7 Å². The monoisotopic (exact) mass is 322 g/mol. The van der Waals surface area contributed by atoms with Gasteiger partial charge in [0.1, 0.15) is 11.5 Å². The number of hydrogen-bond acceptors (Lipinski definition) is 4. The first-order chi connectivity index (χ1) is 11.7. The van der Waals surface area contributed by atoms with E-state index in [2.05, 4.69) is 29.1 Å². The van der Waals surface area contributed by atoms with Gasteiger partial charge in [-0.3, -0.25) is 4.90 Å². The van der Waals surface area contributed by atoms with E-state index in [0.29, 0.717) is 5.89 Å². The molecular weight excluding hydrogens is 300 g/mol. The Morgan fingerprint density at radius 2 is 1.83 bits per heavy atom. The fraction of sp³-hybridized carbons (Fsp3) is 0.250. The molecule has 0 fully saturated rings. The fourth-order valence-electron chi connectivity index (χ4n) is 2.67. The molecule has 0 saturated carbocycles. The third-order valence-electron chi connectivity index (χ3n) is 3.92. The second kappa shape index (κ2) is 7.32. The van der Waals surface area contributed by atoms with Crippen molar-refractivity contribution in [3.8, 4) is 17.2 Å². The molecule has 0 saturated heterocycles. The highest BCUT2D eigenvalue weighted by Crippen LogP contribution is 2.22. The summed E-state index contributed by atoms with van der Waals surface area (Å²) in [6.45, 7) is 3.53. The SMILES string of the molecule is COc1cccc(CN(C)Cc2nc(-c3ccccc3)oc2C)c1. The van der Waals surface area contributed by atoms with Crippen molar-refractivity contribution >= 4 is 0 Å². The van der Waals surface area contributed by atoms with Gasteiger partial charge < -0.3 is 9.15 Å². The highest BCUT2D eigenvalue weighted by Gasteiger charge is 2.13. The molecule has 124 valence electrons. The molecule has 0 radical (unpaired) electrons. The molecule has 0 amide bonds. The zero-order valence-electron chi connectivity index (χ0n) is 14.3. The predicted octanol–water partition coefficient (Wildman–Crippen LogP) is 4.29. The van der Waals surface area contributed by atoms with E-state index in [4.69, 9.17) is 9.15 Å². The van der Waals surface area contributed by atoms with Crippen LogP contribution in [-0.4, -0.2) is 24.0 Å². The largest absolute Gasteiger partial charge is 0.497 e. The number of nitrogens with zero attached hydrogens (tertiary/aromatic N) is 2. The zero-order valence-corrected chi connectivity index (χ0v) is 14.3. The molecule has 0 aliphatic carbocycles. The van der Waals surface area contributed by atoms with Gasteiger partial charge >= 0.3 is 0 Å². The maximum absolute atomic E-state index is 5.83. The molecule has 24 heavy (non-hydrogen) atoms. The van der Waals surface area contributed by atoms with Gasteiger partial charge in [0.2, 0.25) is 5.89 Å². The van der Waals surface area contributed by atoms with E-state index < -0.39 is 0 Å². The van der Waals surface area contributed by atoms with Crippen molar-refractivity contribution < 1.29 is 9.15 Å². The molecule has 0 aliphatic heterocycles. The van der Waals surface area contributed by atoms with Crippen LogP contribution in [0.4, 0.5) is 0 Å². The lowest BCUT2D eigenvalue weighted by molar-refractivity contribution is 0.312. The van der Waals surface area contributed by atoms with Gasteiger partial charge in [-0.25, -0.2) is 4.98 Å². The third kappa shape index (κ3) is 3.84. The van der Waals surface area contributed by atoms with Crippen LogP contribution in [0.2, 0.25) is 0 Å². The van der Waals surface area contributed by atoms with Crippen molar-refractivity contribution in [2.24, 2.45) is 0 Å². The molecular formula is C20H22N2O2. The zero-order chi connectivity index (χ0) is 16.9. The van der Waals surface area contributed by atoms with Crippen LogP contribution in [-0.2, 0) is 13.1 Å². The minimum absolute atomic E-state index is 0.679. The average molecular weight is 322 g/mol. The van der Waals surface area contributed by atoms with Gasteiger partial charge in [-0.05, 0) is 43.8 Å². The highest BCUT2D eigenvalue weighted by atomic mass is 16.5. The summed E-state index contributed by atoms with van der Waals surface area (Å²) in [4.78, 5) is 6.88. The van der Waals surface area contributed by atoms with Crippen molar-refractivity contribution in [3.05, 3.63) is 71.6 Å². The van der Waals surface area contributed by atoms with E-state index in [1.165, 1.54) is 5.56 Å². The third-order valence-corrected chi connectivity index (χ3v) is 3.92. The highest BCUT2D eigenvalue weighted by molar-refractivity contribution is 5.53. The molecule has 0 spiro atoms. The Hall–Kier alpha value is -2.59. The number of rotatable bonds is 6. The van der Waals surface area contributed by atoms with Crippen molar-refractivity contribution in [2.75, 3.05) is 14.2 Å². The summed E-state index contributed by atoms with van der Waals surface area (Å²) < 4.78 is 11.1. The summed E-state index contributed by atoms with van der Waals surface area (Å²) >= 11 is 0. The molecule has 0 aliphatic rings. The molecule has 1 heterocycles. The summed E-state index contributed by atoms with van der Waals surface area (Å²) in [7, 11) is 3.77. The van der Waals surface area contributed by atoms with Crippen molar-refractivity contribution in [1.29, 1.82) is 0 Å². The van der Waals surface area contributed by atoms with Crippen molar-refractivity contribution in [3.63, 3.8) is 0 Å². The summed E-state index contributed by atoms with van der Waals surface area (Å²) in [5.74, 6) is 2.43. The van der Waals surface area contributed by atoms with Crippen molar-refractivity contribution in [2.45, 2.75) is 20.0 Å². The van der Waals surface area contributed by atoms with Crippen LogP contribution in [0.1, 0.15) is 17.0 Å². The van der Waals surface area contributed by atoms with E-state index in [1.54, 1.807) is 7.11 Å². The molecule has 4 heteroatoms. The van der Waals surface area contributed by atoms with Crippen LogP contribution in [0.15, 0.2) is 59.0 Å². The molecule has 0 unspecified atom stereocenters. The minimum Gasteiger partial charge on any atom is -0.497 e. The molecule has 2 aromatic carbocycles. The Balaban J connectivity index is 1.70. The number of ether oxygens (including phenoxy) is 1. The lowest BCUT2D eigenvalue weighted by atomic mass is 10.2. The molecule has 3 aromatic rings. The van der Waals surface area contributed by atoms with E-state index >= 15 is 0 Å². The van der Waals surface area contributed by atoms with Crippen LogP contribution in [0.3, 0.4) is 0 Å². The number of aryl methyl sites for hydroxylation is 1. The van der Waals surface area contributed by atoms with Gasteiger partial charge in [-0.1, -0.05) is 30.3 Å². The molecule has 1 aromatic heterocycles. The normalized spacial score (nSPS) is 11.0. The summed E-state index contributed by atoms with van der Waals surface area (Å²) in [5.41, 5.74) is 3.18. The van der Waals surface area contributed by atoms with Gasteiger partial charge in [-0.15, -0.1) is 0 Å². The molecule has 3 rings (SSSR count). The van der Waals surface area contributed by atoms with Crippen LogP contribution in [0.5, 0.6) is 5.75 Å². The van der Waals surface area contributed by atoms with Gasteiger partial charge in [0.15, 0.2) is 0 Å². The van der Waals surface area contributed by atoms with E-state index in [1.807, 2.05) is 49.4 Å². The summed E-state index contributed by atoms with van der Waals surface area (Å²) in [6.07, 6.45) is 0. The molecule has 0 atom stereocenters. The predicted molar refractivity (Wildman–Crippen MR) is 94.8 cm³/mol. The maximum Gasteiger partial charge on any atom is 0.226 e. The Labute approximate surface area is 142 Å². The maximum atomic E-state index is 5.83. The number of methoxy groups -OCH3 is 1. The summed E-state index contributed by atoms with van der Waals surface area (Å²) in [6, 6.07) is 18.1. The smallest absolute Gasteiger partial charge is 0.226 e. The number of aromatic nitrogens is 1. The first-order valence-corrected chi connectivity index (χ1v) is 7.99. The van der Waals surface area contributed by atoms with E-state index in [9.17, 15) is 0 Å². The van der Waals surface area contributed by atoms with E-state index in [-0.39, 0.29) is 0 Å². The second-order valence-electron chi connectivity index (χ2n) is 5.91. The fourth-order valence-corrected chi connectivity index (χ4v) is 2.67. The average Bonchev–Trinajstić information content (AvgIpc) is 2.96. The Morgan fingerprint density at radius 3 is 2.58 bits per heavy atom. The summed E-state index contributed by atoms with van der Waals surface area (Å²) in [5, 5.41) is 0. The van der Waals surface area contributed by atoms with Gasteiger partial charge in [0.25, 0.3) is 0 Å². The standard InChI is InChI=1S/C20H22N2O2/c1-15-19(21-20(24-15)17-9-5-4-6-10-17)14-22(2)13-16-8-7-11-18(12-16)23-3/h4-12H,13-14H2,1-3H3. The van der Waals surface area contributed by atoms with Crippen molar-refractivity contribution in [1.82, 2.24) is 9.88 Å². The van der Waals surface area contributed by atoms with Crippen LogP contribution >= 0.6 is 0 Å². The lowest BCUT2D eigenvalue weighted by Gasteiger charge is -2.16. The van der Waals surface area contributed by atoms with E-state index in [0.717, 1.165) is 35.9 Å². The molecule has 0 N–H and O–H groups in total. The Kier molecular flexibility index (Phi) is 4.96. The molecule has 4 nitrogen and oxygen atoms in total. The number of hydrogen-bond donors (Lipinski definition) is 0. The second-order valence-corrected chi connectivity index (χ2v) is 5.91. The topological polar surface area (TPSA) is 38.5 Å². The first-order valence-electron chi connectivity index (χ1n) is 7.99. The van der Waals surface area contributed by atoms with Gasteiger partial charge in [0.05, 0.1) is 12.8 Å². The molecule has 0 bridgehead atoms. The minimum atomic E-state index is 0.679. The van der Waals surface area contributed by atoms with Crippen LogP contribution < -0.4 is 4.74 Å². The number of oxazole rings is 1. The lowest BCUT2D eigenvalue weighted by Crippen LogP contribution is -2.18. The Morgan fingerprint density at radius 1 is 1.04 bits per heavy atom. The van der Waals surface area contributed by atoms with Gasteiger partial charge in [-0.2, -0.15) is 0 Å². The first kappa shape index (κ1) is 16.3. The quantitative estimate of drug-likeness (QED) is 0.678. The van der Waals surface area contributed by atoms with Crippen LogP contribution in [0.25, 0.3) is 11.5 Å².